The molecule has 2 amide bonds. The zero-order valence-corrected chi connectivity index (χ0v) is 14.5. The van der Waals surface area contributed by atoms with Crippen LogP contribution in [0.4, 0.5) is 0 Å². The van der Waals surface area contributed by atoms with Gasteiger partial charge in [-0.25, -0.2) is 0 Å². The third kappa shape index (κ3) is 4.27. The van der Waals surface area contributed by atoms with Crippen LogP contribution in [0.3, 0.4) is 0 Å². The molecule has 2 aromatic rings. The summed E-state index contributed by atoms with van der Waals surface area (Å²) in [5, 5.41) is 5.40. The smallest absolute Gasteiger partial charge is 0.260 e. The number of carbonyl (C=O) groups is 2. The summed E-state index contributed by atoms with van der Waals surface area (Å²) in [7, 11) is 0. The van der Waals surface area contributed by atoms with Crippen molar-refractivity contribution in [2.75, 3.05) is 19.7 Å². The van der Waals surface area contributed by atoms with E-state index in [1.54, 1.807) is 34.4 Å². The van der Waals surface area contributed by atoms with Crippen LogP contribution >= 0.6 is 22.9 Å². The van der Waals surface area contributed by atoms with E-state index in [1.807, 2.05) is 17.5 Å². The molecule has 1 aliphatic heterocycles. The van der Waals surface area contributed by atoms with Crippen LogP contribution in [0.2, 0.25) is 5.02 Å². The molecular formula is C17H17ClN2O3S. The van der Waals surface area contributed by atoms with E-state index in [1.165, 1.54) is 0 Å². The summed E-state index contributed by atoms with van der Waals surface area (Å²) in [5.74, 6) is 0.534. The Morgan fingerprint density at radius 1 is 1.38 bits per heavy atom. The van der Waals surface area contributed by atoms with Gasteiger partial charge in [0.1, 0.15) is 5.75 Å². The Balaban J connectivity index is 1.54. The second-order valence-corrected chi connectivity index (χ2v) is 6.93. The van der Waals surface area contributed by atoms with Crippen molar-refractivity contribution in [2.24, 2.45) is 0 Å². The highest BCUT2D eigenvalue weighted by atomic mass is 35.5. The Morgan fingerprint density at radius 3 is 3.04 bits per heavy atom. The maximum Gasteiger partial charge on any atom is 0.260 e. The van der Waals surface area contributed by atoms with Crippen LogP contribution in [0, 0.1) is 0 Å². The number of fused-ring (bicyclic) bond motifs is 1. The average molecular weight is 365 g/mol. The standard InChI is InChI=1S/C17H17ClN2O3S/c18-13-3-4-15-12(8-13)10-20(17(22)11-23-15)6-5-19-16(21)9-14-2-1-7-24-14/h1-4,7-8H,5-6,9-11H2,(H,19,21). The molecule has 24 heavy (non-hydrogen) atoms. The topological polar surface area (TPSA) is 58.6 Å². The van der Waals surface area contributed by atoms with Crippen LogP contribution in [0.25, 0.3) is 0 Å². The van der Waals surface area contributed by atoms with Gasteiger partial charge in [0.2, 0.25) is 5.91 Å². The summed E-state index contributed by atoms with van der Waals surface area (Å²) in [6, 6.07) is 9.17. The highest BCUT2D eigenvalue weighted by Crippen LogP contribution is 2.26. The molecule has 0 spiro atoms. The van der Waals surface area contributed by atoms with E-state index < -0.39 is 0 Å². The molecule has 0 radical (unpaired) electrons. The fraction of sp³-hybridized carbons (Fsp3) is 0.294. The number of amides is 2. The molecule has 1 aromatic carbocycles. The molecular weight excluding hydrogens is 348 g/mol. The van der Waals surface area contributed by atoms with E-state index >= 15 is 0 Å². The Morgan fingerprint density at radius 2 is 2.25 bits per heavy atom. The lowest BCUT2D eigenvalue weighted by molar-refractivity contribution is -0.133. The number of ether oxygens (including phenoxy) is 1. The van der Waals surface area contributed by atoms with E-state index in [4.69, 9.17) is 16.3 Å². The van der Waals surface area contributed by atoms with Gasteiger partial charge in [0.05, 0.1) is 6.42 Å². The average Bonchev–Trinajstić information content (AvgIpc) is 3.00. The summed E-state index contributed by atoms with van der Waals surface area (Å²) >= 11 is 7.57. The number of nitrogens with one attached hydrogen (secondary N) is 1. The zero-order chi connectivity index (χ0) is 16.9. The van der Waals surface area contributed by atoms with Gasteiger partial charge < -0.3 is 15.0 Å². The number of rotatable bonds is 5. The van der Waals surface area contributed by atoms with Crippen molar-refractivity contribution < 1.29 is 14.3 Å². The zero-order valence-electron chi connectivity index (χ0n) is 13.0. The lowest BCUT2D eigenvalue weighted by Crippen LogP contribution is -2.39. The Labute approximate surface area is 149 Å². The van der Waals surface area contributed by atoms with Crippen LogP contribution in [0.5, 0.6) is 5.75 Å². The minimum atomic E-state index is -0.102. The minimum absolute atomic E-state index is 0.00221. The van der Waals surface area contributed by atoms with Gasteiger partial charge in [-0.2, -0.15) is 0 Å². The summed E-state index contributed by atoms with van der Waals surface area (Å²) in [5.41, 5.74) is 0.873. The van der Waals surface area contributed by atoms with Gasteiger partial charge in [0.15, 0.2) is 6.61 Å². The molecule has 0 atom stereocenters. The van der Waals surface area contributed by atoms with E-state index in [0.29, 0.717) is 36.8 Å². The van der Waals surface area contributed by atoms with Gasteiger partial charge in [0.25, 0.3) is 5.91 Å². The molecule has 126 valence electrons. The van der Waals surface area contributed by atoms with E-state index in [2.05, 4.69) is 5.32 Å². The molecule has 7 heteroatoms. The van der Waals surface area contributed by atoms with E-state index in [0.717, 1.165) is 10.4 Å². The molecule has 5 nitrogen and oxygen atoms in total. The number of hydrogen-bond donors (Lipinski definition) is 1. The first-order chi connectivity index (χ1) is 11.6. The predicted octanol–water partition coefficient (Wildman–Crippen LogP) is 2.48. The molecule has 1 aromatic heterocycles. The lowest BCUT2D eigenvalue weighted by atomic mass is 10.2. The summed E-state index contributed by atoms with van der Waals surface area (Å²) < 4.78 is 5.51. The second kappa shape index (κ2) is 7.68. The highest BCUT2D eigenvalue weighted by molar-refractivity contribution is 7.10. The Bertz CT molecular complexity index is 733. The maximum atomic E-state index is 12.2. The largest absolute Gasteiger partial charge is 0.483 e. The number of hydrogen-bond acceptors (Lipinski definition) is 4. The molecule has 0 saturated heterocycles. The van der Waals surface area contributed by atoms with Crippen molar-refractivity contribution in [3.05, 3.63) is 51.2 Å². The predicted molar refractivity (Wildman–Crippen MR) is 93.4 cm³/mol. The van der Waals surface area contributed by atoms with Crippen molar-refractivity contribution in [3.63, 3.8) is 0 Å². The van der Waals surface area contributed by atoms with Crippen molar-refractivity contribution in [3.8, 4) is 5.75 Å². The van der Waals surface area contributed by atoms with Crippen LogP contribution in [-0.4, -0.2) is 36.4 Å². The van der Waals surface area contributed by atoms with E-state index in [-0.39, 0.29) is 18.4 Å². The third-order valence-electron chi connectivity index (χ3n) is 3.71. The number of halogens is 1. The summed E-state index contributed by atoms with van der Waals surface area (Å²) in [4.78, 5) is 26.7. The molecule has 1 N–H and O–H groups in total. The first-order valence-electron chi connectivity index (χ1n) is 7.60. The summed E-state index contributed by atoms with van der Waals surface area (Å²) in [6.45, 7) is 1.27. The van der Waals surface area contributed by atoms with Gasteiger partial charge >= 0.3 is 0 Å². The number of thiophene rings is 1. The molecule has 0 aliphatic carbocycles. The highest BCUT2D eigenvalue weighted by Gasteiger charge is 2.21. The fourth-order valence-corrected chi connectivity index (χ4v) is 3.40. The lowest BCUT2D eigenvalue weighted by Gasteiger charge is -2.20. The second-order valence-electron chi connectivity index (χ2n) is 5.46. The summed E-state index contributed by atoms with van der Waals surface area (Å²) in [6.07, 6.45) is 0.368. The molecule has 0 saturated carbocycles. The minimum Gasteiger partial charge on any atom is -0.483 e. The molecule has 2 heterocycles. The van der Waals surface area contributed by atoms with Crippen molar-refractivity contribution in [1.82, 2.24) is 10.2 Å². The molecule has 3 rings (SSSR count). The number of carbonyl (C=O) groups excluding carboxylic acids is 2. The SMILES string of the molecule is O=C(Cc1cccs1)NCCN1Cc2cc(Cl)ccc2OCC1=O. The van der Waals surface area contributed by atoms with Crippen LogP contribution in [0.1, 0.15) is 10.4 Å². The van der Waals surface area contributed by atoms with Gasteiger partial charge in [-0.3, -0.25) is 9.59 Å². The van der Waals surface area contributed by atoms with E-state index in [9.17, 15) is 9.59 Å². The molecule has 1 aliphatic rings. The Hall–Kier alpha value is -2.05. The van der Waals surface area contributed by atoms with Crippen molar-refractivity contribution in [2.45, 2.75) is 13.0 Å². The van der Waals surface area contributed by atoms with Crippen LogP contribution < -0.4 is 10.1 Å². The third-order valence-corrected chi connectivity index (χ3v) is 4.82. The number of benzene rings is 1. The molecule has 0 bridgehead atoms. The normalized spacial score (nSPS) is 13.9. The van der Waals surface area contributed by atoms with Gasteiger partial charge in [-0.05, 0) is 29.6 Å². The molecule has 0 fully saturated rings. The first kappa shape index (κ1) is 16.8. The maximum absolute atomic E-state index is 12.2. The number of nitrogens with zero attached hydrogens (tertiary/aromatic N) is 1. The van der Waals surface area contributed by atoms with Crippen LogP contribution in [-0.2, 0) is 22.6 Å². The first-order valence-corrected chi connectivity index (χ1v) is 8.85. The van der Waals surface area contributed by atoms with Gasteiger partial charge in [-0.15, -0.1) is 11.3 Å². The van der Waals surface area contributed by atoms with Crippen molar-refractivity contribution >= 4 is 34.8 Å². The van der Waals surface area contributed by atoms with Gasteiger partial charge in [-0.1, -0.05) is 17.7 Å². The quantitative estimate of drug-likeness (QED) is 0.886. The molecule has 0 unspecified atom stereocenters. The van der Waals surface area contributed by atoms with Crippen LogP contribution in [0.15, 0.2) is 35.7 Å². The Kier molecular flexibility index (Phi) is 5.37. The van der Waals surface area contributed by atoms with Gasteiger partial charge in [0, 0.05) is 35.1 Å². The monoisotopic (exact) mass is 364 g/mol. The fourth-order valence-electron chi connectivity index (χ4n) is 2.50. The van der Waals surface area contributed by atoms with Crippen molar-refractivity contribution in [1.29, 1.82) is 0 Å².